The van der Waals surface area contributed by atoms with E-state index in [0.717, 1.165) is 35.1 Å². The third-order valence-corrected chi connectivity index (χ3v) is 6.91. The molecule has 1 fully saturated rings. The van der Waals surface area contributed by atoms with Crippen molar-refractivity contribution in [2.24, 2.45) is 7.05 Å². The van der Waals surface area contributed by atoms with Crippen LogP contribution in [0.4, 0.5) is 10.6 Å². The summed E-state index contributed by atoms with van der Waals surface area (Å²) in [7, 11) is 1.56. The first kappa shape index (κ1) is 22.6. The number of hydrogen-bond donors (Lipinski definition) is 3. The molecule has 0 bridgehead atoms. The van der Waals surface area contributed by atoms with Gasteiger partial charge in [0.25, 0.3) is 5.91 Å². The van der Waals surface area contributed by atoms with E-state index in [1.165, 1.54) is 10.7 Å². The summed E-state index contributed by atoms with van der Waals surface area (Å²) in [4.78, 5) is 37.1. The fourth-order valence-corrected chi connectivity index (χ4v) is 5.13. The van der Waals surface area contributed by atoms with Gasteiger partial charge in [-0.05, 0) is 35.1 Å². The molecule has 1 heterocycles. The Labute approximate surface area is 202 Å². The van der Waals surface area contributed by atoms with E-state index in [1.807, 2.05) is 36.4 Å². The van der Waals surface area contributed by atoms with Gasteiger partial charge in [0.15, 0.2) is 5.82 Å². The minimum absolute atomic E-state index is 0.0724. The monoisotopic (exact) mass is 474 g/mol. The summed E-state index contributed by atoms with van der Waals surface area (Å²) in [5, 5.41) is 19.0. The number of benzene rings is 2. The van der Waals surface area contributed by atoms with E-state index in [-0.39, 0.29) is 24.0 Å². The molecule has 2 amide bonds. The Kier molecular flexibility index (Phi) is 5.76. The number of ether oxygens (including phenoxy) is 1. The van der Waals surface area contributed by atoms with Gasteiger partial charge in [-0.2, -0.15) is 5.10 Å². The Balaban J connectivity index is 1.24. The molecule has 2 aliphatic carbocycles. The largest absolute Gasteiger partial charge is 0.480 e. The number of aryl methyl sites for hydroxylation is 1. The van der Waals surface area contributed by atoms with Crippen LogP contribution in [-0.2, 0) is 16.6 Å². The van der Waals surface area contributed by atoms with Crippen LogP contribution >= 0.6 is 0 Å². The molecule has 0 atom stereocenters. The van der Waals surface area contributed by atoms with Crippen molar-refractivity contribution in [1.29, 1.82) is 0 Å². The number of anilines is 1. The lowest BCUT2D eigenvalue weighted by Gasteiger charge is -2.25. The number of nitrogens with zero attached hydrogens (tertiary/aromatic N) is 2. The molecule has 0 aliphatic heterocycles. The maximum absolute atomic E-state index is 12.8. The van der Waals surface area contributed by atoms with Crippen molar-refractivity contribution in [3.8, 4) is 11.1 Å². The van der Waals surface area contributed by atoms with Crippen LogP contribution < -0.4 is 10.6 Å². The summed E-state index contributed by atoms with van der Waals surface area (Å²) in [6, 6.07) is 17.5. The van der Waals surface area contributed by atoms with Gasteiger partial charge in [0.05, 0.1) is 0 Å². The lowest BCUT2D eigenvalue weighted by atomic mass is 9.97. The number of nitrogens with one attached hydrogen (secondary N) is 2. The van der Waals surface area contributed by atoms with Gasteiger partial charge in [-0.1, -0.05) is 61.4 Å². The molecule has 1 saturated carbocycles. The first-order valence-electron chi connectivity index (χ1n) is 11.6. The van der Waals surface area contributed by atoms with Crippen LogP contribution in [0.15, 0.2) is 54.6 Å². The summed E-state index contributed by atoms with van der Waals surface area (Å²) in [6.45, 7) is 0.154. The highest BCUT2D eigenvalue weighted by molar-refractivity contribution is 5.98. The molecule has 3 aromatic rings. The maximum Gasteiger partial charge on any atom is 0.412 e. The van der Waals surface area contributed by atoms with Crippen LogP contribution in [0.2, 0.25) is 0 Å². The summed E-state index contributed by atoms with van der Waals surface area (Å²) in [5.74, 6) is -1.52. The van der Waals surface area contributed by atoms with E-state index in [1.54, 1.807) is 7.05 Å². The Morgan fingerprint density at radius 2 is 1.66 bits per heavy atom. The second-order valence-electron chi connectivity index (χ2n) is 9.04. The first-order valence-corrected chi connectivity index (χ1v) is 11.6. The van der Waals surface area contributed by atoms with E-state index < -0.39 is 23.5 Å². The SMILES string of the molecule is Cn1nc(NC(=O)OCC2c3ccccc3-c3ccccc32)cc1C(=O)NC1(C(=O)O)CCCC1. The molecule has 35 heavy (non-hydrogen) atoms. The summed E-state index contributed by atoms with van der Waals surface area (Å²) >= 11 is 0. The van der Waals surface area contributed by atoms with Crippen molar-refractivity contribution in [3.05, 3.63) is 71.4 Å². The Hall–Kier alpha value is -4.14. The van der Waals surface area contributed by atoms with Crippen LogP contribution in [0.1, 0.15) is 53.2 Å². The number of carboxylic acid groups (broad SMARTS) is 1. The molecular weight excluding hydrogens is 448 g/mol. The minimum Gasteiger partial charge on any atom is -0.480 e. The number of fused-ring (bicyclic) bond motifs is 3. The highest BCUT2D eigenvalue weighted by Gasteiger charge is 2.43. The van der Waals surface area contributed by atoms with Crippen LogP contribution in [0, 0.1) is 0 Å². The molecule has 1 aromatic heterocycles. The summed E-state index contributed by atoms with van der Waals surface area (Å²) < 4.78 is 6.84. The average molecular weight is 475 g/mol. The third kappa shape index (κ3) is 4.14. The predicted octanol–water partition coefficient (Wildman–Crippen LogP) is 3.91. The Morgan fingerprint density at radius 1 is 1.06 bits per heavy atom. The van der Waals surface area contributed by atoms with Crippen molar-refractivity contribution in [1.82, 2.24) is 15.1 Å². The maximum atomic E-state index is 12.8. The molecule has 180 valence electrons. The number of aromatic nitrogens is 2. The highest BCUT2D eigenvalue weighted by atomic mass is 16.5. The molecule has 2 aliphatic rings. The second-order valence-corrected chi connectivity index (χ2v) is 9.04. The van der Waals surface area contributed by atoms with E-state index in [9.17, 15) is 19.5 Å². The molecule has 0 saturated heterocycles. The Morgan fingerprint density at radius 3 is 2.26 bits per heavy atom. The molecule has 9 heteroatoms. The van der Waals surface area contributed by atoms with Gasteiger partial charge < -0.3 is 15.2 Å². The second kappa shape index (κ2) is 8.90. The molecule has 0 unspecified atom stereocenters. The number of carbonyl (C=O) groups excluding carboxylic acids is 2. The van der Waals surface area contributed by atoms with Crippen LogP contribution in [0.25, 0.3) is 11.1 Å². The zero-order valence-electron chi connectivity index (χ0n) is 19.3. The van der Waals surface area contributed by atoms with Gasteiger partial charge >= 0.3 is 12.1 Å². The van der Waals surface area contributed by atoms with E-state index in [2.05, 4.69) is 27.9 Å². The van der Waals surface area contributed by atoms with Gasteiger partial charge in [0.1, 0.15) is 17.8 Å². The molecular formula is C26H26N4O5. The summed E-state index contributed by atoms with van der Waals surface area (Å²) in [5.41, 5.74) is 3.38. The lowest BCUT2D eigenvalue weighted by molar-refractivity contribution is -0.144. The van der Waals surface area contributed by atoms with E-state index in [0.29, 0.717) is 12.8 Å². The molecule has 0 radical (unpaired) electrons. The van der Waals surface area contributed by atoms with Crippen molar-refractivity contribution in [3.63, 3.8) is 0 Å². The zero-order chi connectivity index (χ0) is 24.6. The van der Waals surface area contributed by atoms with Crippen LogP contribution in [0.5, 0.6) is 0 Å². The van der Waals surface area contributed by atoms with Crippen molar-refractivity contribution < 1.29 is 24.2 Å². The molecule has 0 spiro atoms. The standard InChI is InChI=1S/C26H26N4O5/c1-30-21(23(31)28-26(24(32)33)12-6-7-13-26)14-22(29-30)27-25(34)35-15-20-18-10-4-2-8-16(18)17-9-3-5-11-19(17)20/h2-5,8-11,14,20H,6-7,12-13,15H2,1H3,(H,28,31)(H,32,33)(H,27,29,34). The van der Waals surface area contributed by atoms with Gasteiger partial charge in [0, 0.05) is 19.0 Å². The van der Waals surface area contributed by atoms with Crippen molar-refractivity contribution in [2.45, 2.75) is 37.1 Å². The molecule has 2 aromatic carbocycles. The van der Waals surface area contributed by atoms with E-state index in [4.69, 9.17) is 4.74 Å². The van der Waals surface area contributed by atoms with Crippen molar-refractivity contribution >= 4 is 23.8 Å². The quantitative estimate of drug-likeness (QED) is 0.498. The zero-order valence-corrected chi connectivity index (χ0v) is 19.3. The smallest absolute Gasteiger partial charge is 0.412 e. The fraction of sp³-hybridized carbons (Fsp3) is 0.308. The summed E-state index contributed by atoms with van der Waals surface area (Å²) in [6.07, 6.45) is 1.57. The molecule has 3 N–H and O–H groups in total. The highest BCUT2D eigenvalue weighted by Crippen LogP contribution is 2.44. The molecule has 5 rings (SSSR count). The fourth-order valence-electron chi connectivity index (χ4n) is 5.13. The van der Waals surface area contributed by atoms with Crippen LogP contribution in [-0.4, -0.2) is 45.0 Å². The predicted molar refractivity (Wildman–Crippen MR) is 128 cm³/mol. The number of aliphatic carboxylic acids is 1. The topological polar surface area (TPSA) is 123 Å². The number of hydrogen-bond acceptors (Lipinski definition) is 5. The molecule has 9 nitrogen and oxygen atoms in total. The normalized spacial score (nSPS) is 15.8. The first-order chi connectivity index (χ1) is 16.9. The minimum atomic E-state index is -1.26. The number of carbonyl (C=O) groups is 3. The average Bonchev–Trinajstić information content (AvgIpc) is 3.54. The lowest BCUT2D eigenvalue weighted by Crippen LogP contribution is -2.52. The number of carboxylic acids is 1. The third-order valence-electron chi connectivity index (χ3n) is 6.91. The van der Waals surface area contributed by atoms with Gasteiger partial charge in [-0.25, -0.2) is 9.59 Å². The van der Waals surface area contributed by atoms with Crippen LogP contribution in [0.3, 0.4) is 0 Å². The van der Waals surface area contributed by atoms with Crippen molar-refractivity contribution in [2.75, 3.05) is 11.9 Å². The Bertz CT molecular complexity index is 1260. The van der Waals surface area contributed by atoms with Gasteiger partial charge in [0.2, 0.25) is 0 Å². The van der Waals surface area contributed by atoms with Gasteiger partial charge in [-0.3, -0.25) is 14.8 Å². The number of amides is 2. The van der Waals surface area contributed by atoms with E-state index >= 15 is 0 Å². The number of rotatable bonds is 6. The van der Waals surface area contributed by atoms with Gasteiger partial charge in [-0.15, -0.1) is 0 Å².